The van der Waals surface area contributed by atoms with Gasteiger partial charge in [0.1, 0.15) is 0 Å². The van der Waals surface area contributed by atoms with Crippen molar-refractivity contribution >= 4 is 17.4 Å². The number of carbonyl (C=O) groups is 1. The lowest BCUT2D eigenvalue weighted by Crippen LogP contribution is -2.23. The van der Waals surface area contributed by atoms with Gasteiger partial charge >= 0.3 is 6.18 Å². The van der Waals surface area contributed by atoms with Crippen molar-refractivity contribution in [1.82, 2.24) is 15.0 Å². The van der Waals surface area contributed by atoms with E-state index in [1.54, 1.807) is 18.2 Å². The molecule has 0 aliphatic rings. The number of alkyl halides is 3. The highest BCUT2D eigenvalue weighted by Crippen LogP contribution is 2.21. The summed E-state index contributed by atoms with van der Waals surface area (Å²) in [5, 5.41) is 7.03. The smallest absolute Gasteiger partial charge is 0.282 e. The molecule has 1 aromatic carbocycles. The largest absolute Gasteiger partial charge is 0.456 e. The van der Waals surface area contributed by atoms with Crippen LogP contribution in [0.25, 0.3) is 5.69 Å². The van der Waals surface area contributed by atoms with Crippen molar-refractivity contribution in [2.75, 3.05) is 0 Å². The minimum absolute atomic E-state index is 0.395. The van der Waals surface area contributed by atoms with Crippen molar-refractivity contribution in [3.8, 4) is 5.69 Å². The van der Waals surface area contributed by atoms with E-state index in [1.807, 2.05) is 0 Å². The summed E-state index contributed by atoms with van der Waals surface area (Å²) < 4.78 is 37.5. The Morgan fingerprint density at radius 3 is 2.67 bits per heavy atom. The molecule has 0 saturated heterocycles. The third-order valence-corrected chi connectivity index (χ3v) is 2.29. The topological polar surface area (TPSA) is 47.8 Å². The molecule has 0 spiro atoms. The number of Topliss-reactive ketones (excluding diaryl/α,β-unsaturated/α-hetero) is 1. The average molecular weight is 276 g/mol. The Balaban J connectivity index is 2.34. The summed E-state index contributed by atoms with van der Waals surface area (Å²) in [6.45, 7) is 0. The van der Waals surface area contributed by atoms with Gasteiger partial charge in [0.2, 0.25) is 0 Å². The number of ketones is 1. The van der Waals surface area contributed by atoms with Gasteiger partial charge in [0.05, 0.1) is 11.9 Å². The van der Waals surface area contributed by atoms with Crippen molar-refractivity contribution in [1.29, 1.82) is 0 Å². The number of nitrogens with zero attached hydrogens (tertiary/aromatic N) is 3. The fraction of sp³-hybridized carbons (Fsp3) is 0.100. The molecule has 2 aromatic rings. The minimum Gasteiger partial charge on any atom is -0.282 e. The highest BCUT2D eigenvalue weighted by Gasteiger charge is 2.41. The predicted molar refractivity (Wildman–Crippen MR) is 56.8 cm³/mol. The Morgan fingerprint density at radius 2 is 2.06 bits per heavy atom. The summed E-state index contributed by atoms with van der Waals surface area (Å²) >= 11 is 5.73. The molecule has 0 bridgehead atoms. The molecule has 0 amide bonds. The molecule has 0 saturated carbocycles. The van der Waals surface area contributed by atoms with Crippen molar-refractivity contribution in [3.05, 3.63) is 41.2 Å². The van der Waals surface area contributed by atoms with Crippen LogP contribution in [-0.4, -0.2) is 27.0 Å². The number of carbonyl (C=O) groups excluding carboxylic acids is 1. The Kier molecular flexibility index (Phi) is 3.08. The van der Waals surface area contributed by atoms with E-state index in [9.17, 15) is 18.0 Å². The van der Waals surface area contributed by atoms with Crippen molar-refractivity contribution in [2.24, 2.45) is 0 Å². The van der Waals surface area contributed by atoms with Crippen molar-refractivity contribution in [2.45, 2.75) is 6.18 Å². The molecule has 0 unspecified atom stereocenters. The van der Waals surface area contributed by atoms with Crippen LogP contribution in [0.4, 0.5) is 13.2 Å². The minimum atomic E-state index is -4.96. The Hall–Kier alpha value is -1.89. The maximum Gasteiger partial charge on any atom is 0.456 e. The van der Waals surface area contributed by atoms with E-state index in [4.69, 9.17) is 11.6 Å². The van der Waals surface area contributed by atoms with Crippen LogP contribution in [0.3, 0.4) is 0 Å². The summed E-state index contributed by atoms with van der Waals surface area (Å²) in [6.07, 6.45) is -4.06. The fourth-order valence-corrected chi connectivity index (χ4v) is 1.44. The highest BCUT2D eigenvalue weighted by molar-refractivity contribution is 6.30. The molecule has 0 aliphatic carbocycles. The lowest BCUT2D eigenvalue weighted by atomic mass is 10.3. The van der Waals surface area contributed by atoms with Gasteiger partial charge in [-0.25, -0.2) is 4.68 Å². The number of benzene rings is 1. The predicted octanol–water partition coefficient (Wildman–Crippen LogP) is 2.67. The number of rotatable bonds is 2. The molecule has 8 heteroatoms. The van der Waals surface area contributed by atoms with Gasteiger partial charge in [0.15, 0.2) is 5.69 Å². The monoisotopic (exact) mass is 275 g/mol. The molecule has 1 aromatic heterocycles. The summed E-state index contributed by atoms with van der Waals surface area (Å²) in [7, 11) is 0. The molecular formula is C10H5ClF3N3O. The van der Waals surface area contributed by atoms with Gasteiger partial charge in [0.25, 0.3) is 5.78 Å². The van der Waals surface area contributed by atoms with E-state index in [-0.39, 0.29) is 0 Å². The second-order valence-corrected chi connectivity index (χ2v) is 3.79. The Morgan fingerprint density at radius 1 is 1.33 bits per heavy atom. The quantitative estimate of drug-likeness (QED) is 0.792. The lowest BCUT2D eigenvalue weighted by Gasteiger charge is -2.01. The van der Waals surface area contributed by atoms with Crippen LogP contribution in [0.1, 0.15) is 10.5 Å². The third kappa shape index (κ3) is 2.51. The summed E-state index contributed by atoms with van der Waals surface area (Å²) in [5.74, 6) is -2.03. The normalized spacial score (nSPS) is 11.6. The van der Waals surface area contributed by atoms with E-state index in [0.717, 1.165) is 10.9 Å². The van der Waals surface area contributed by atoms with Crippen LogP contribution in [0.15, 0.2) is 30.5 Å². The maximum absolute atomic E-state index is 12.2. The summed E-state index contributed by atoms with van der Waals surface area (Å²) in [6, 6.07) is 6.26. The molecule has 0 radical (unpaired) electrons. The van der Waals surface area contributed by atoms with Gasteiger partial charge in [0, 0.05) is 5.02 Å². The van der Waals surface area contributed by atoms with Crippen LogP contribution < -0.4 is 0 Å². The van der Waals surface area contributed by atoms with E-state index in [2.05, 4.69) is 10.3 Å². The van der Waals surface area contributed by atoms with Crippen LogP contribution in [0, 0.1) is 0 Å². The molecule has 0 fully saturated rings. The van der Waals surface area contributed by atoms with Gasteiger partial charge in [-0.15, -0.1) is 5.10 Å². The number of halogens is 4. The molecule has 2 rings (SSSR count). The molecule has 0 N–H and O–H groups in total. The van der Waals surface area contributed by atoms with Crippen LogP contribution in [0.2, 0.25) is 5.02 Å². The second kappa shape index (κ2) is 4.41. The van der Waals surface area contributed by atoms with Gasteiger partial charge in [-0.05, 0) is 18.2 Å². The first kappa shape index (κ1) is 12.6. The van der Waals surface area contributed by atoms with Crippen LogP contribution >= 0.6 is 11.6 Å². The number of hydrogen-bond donors (Lipinski definition) is 0. The molecular weight excluding hydrogens is 271 g/mol. The van der Waals surface area contributed by atoms with Crippen molar-refractivity contribution in [3.63, 3.8) is 0 Å². The van der Waals surface area contributed by atoms with Crippen LogP contribution in [-0.2, 0) is 0 Å². The molecule has 0 atom stereocenters. The zero-order valence-electron chi connectivity index (χ0n) is 8.65. The van der Waals surface area contributed by atoms with E-state index in [1.165, 1.54) is 6.07 Å². The van der Waals surface area contributed by atoms with Gasteiger partial charge in [-0.2, -0.15) is 13.2 Å². The lowest BCUT2D eigenvalue weighted by molar-refractivity contribution is -0.0888. The van der Waals surface area contributed by atoms with Gasteiger partial charge in [-0.1, -0.05) is 22.9 Å². The zero-order valence-corrected chi connectivity index (χ0v) is 9.40. The SMILES string of the molecule is O=C(c1cn(-c2cccc(Cl)c2)nn1)C(F)(F)F. The maximum atomic E-state index is 12.2. The first-order valence-corrected chi connectivity index (χ1v) is 5.05. The number of hydrogen-bond acceptors (Lipinski definition) is 3. The van der Waals surface area contributed by atoms with E-state index >= 15 is 0 Å². The van der Waals surface area contributed by atoms with E-state index < -0.39 is 17.7 Å². The molecule has 0 aliphatic heterocycles. The number of aromatic nitrogens is 3. The zero-order chi connectivity index (χ0) is 13.3. The first-order chi connectivity index (χ1) is 8.38. The summed E-state index contributed by atoms with van der Waals surface area (Å²) in [5.41, 5.74) is -0.348. The standard InChI is InChI=1S/C10H5ClF3N3O/c11-6-2-1-3-7(4-6)17-5-8(15-16-17)9(18)10(12,13)14/h1-5H. The van der Waals surface area contributed by atoms with Gasteiger partial charge < -0.3 is 0 Å². The highest BCUT2D eigenvalue weighted by atomic mass is 35.5. The Bertz CT molecular complexity index is 594. The third-order valence-electron chi connectivity index (χ3n) is 2.06. The first-order valence-electron chi connectivity index (χ1n) is 4.68. The second-order valence-electron chi connectivity index (χ2n) is 3.36. The molecule has 1 heterocycles. The molecule has 94 valence electrons. The average Bonchev–Trinajstić information content (AvgIpc) is 2.75. The van der Waals surface area contributed by atoms with Crippen LogP contribution in [0.5, 0.6) is 0 Å². The Labute approximate surface area is 104 Å². The van der Waals surface area contributed by atoms with Gasteiger partial charge in [-0.3, -0.25) is 4.79 Å². The van der Waals surface area contributed by atoms with Crippen molar-refractivity contribution < 1.29 is 18.0 Å². The summed E-state index contributed by atoms with van der Waals surface area (Å²) in [4.78, 5) is 10.9. The fourth-order valence-electron chi connectivity index (χ4n) is 1.26. The molecule has 4 nitrogen and oxygen atoms in total. The van der Waals surface area contributed by atoms with E-state index in [0.29, 0.717) is 10.7 Å². The molecule has 18 heavy (non-hydrogen) atoms.